The van der Waals surface area contributed by atoms with Gasteiger partial charge in [0, 0.05) is 19.1 Å². The summed E-state index contributed by atoms with van der Waals surface area (Å²) < 4.78 is 0. The molecule has 0 amide bonds. The maximum absolute atomic E-state index is 3.48. The van der Waals surface area contributed by atoms with Crippen molar-refractivity contribution in [3.8, 4) is 0 Å². The van der Waals surface area contributed by atoms with E-state index < -0.39 is 0 Å². The van der Waals surface area contributed by atoms with Crippen LogP contribution in [0.3, 0.4) is 0 Å². The van der Waals surface area contributed by atoms with E-state index in [0.717, 1.165) is 0 Å². The minimum atomic E-state index is 0.638. The number of nitrogens with one attached hydrogen (secondary N) is 1. The van der Waals surface area contributed by atoms with Crippen LogP contribution in [0, 0.1) is 0 Å². The van der Waals surface area contributed by atoms with Crippen LogP contribution in [-0.4, -0.2) is 62.2 Å². The van der Waals surface area contributed by atoms with E-state index in [4.69, 9.17) is 0 Å². The Labute approximate surface area is 114 Å². The molecule has 0 spiro atoms. The van der Waals surface area contributed by atoms with Gasteiger partial charge in [-0.05, 0) is 52.5 Å². The van der Waals surface area contributed by atoms with E-state index in [9.17, 15) is 0 Å². The zero-order valence-corrected chi connectivity index (χ0v) is 12.7. The molecule has 1 aliphatic rings. The average Bonchev–Trinajstić information content (AvgIpc) is 2.53. The Morgan fingerprint density at radius 2 is 1.72 bits per heavy atom. The minimum absolute atomic E-state index is 0.638. The Bertz CT molecular complexity index is 194. The normalized spacial score (nSPS) is 19.3. The zero-order valence-electron chi connectivity index (χ0n) is 12.7. The van der Waals surface area contributed by atoms with Gasteiger partial charge in [0.2, 0.25) is 0 Å². The molecule has 0 radical (unpaired) electrons. The molecule has 1 saturated heterocycles. The highest BCUT2D eigenvalue weighted by molar-refractivity contribution is 4.67. The standard InChI is InChI=1S/C15H33N3/c1-15(2)16-9-6-4-5-7-11-18-12-8-10-17(3)13-14-18/h15-16H,4-14H2,1-3H3. The molecular weight excluding hydrogens is 222 g/mol. The molecule has 1 N–H and O–H groups in total. The zero-order chi connectivity index (χ0) is 13.2. The fraction of sp³-hybridized carbons (Fsp3) is 1.00. The van der Waals surface area contributed by atoms with Gasteiger partial charge >= 0.3 is 0 Å². The number of rotatable bonds is 8. The molecule has 1 rings (SSSR count). The molecule has 0 aromatic carbocycles. The van der Waals surface area contributed by atoms with Gasteiger partial charge in [0.15, 0.2) is 0 Å². The molecule has 0 unspecified atom stereocenters. The Kier molecular flexibility index (Phi) is 8.64. The maximum atomic E-state index is 3.48. The Morgan fingerprint density at radius 3 is 2.50 bits per heavy atom. The Morgan fingerprint density at radius 1 is 0.944 bits per heavy atom. The first-order valence-corrected chi connectivity index (χ1v) is 7.83. The second kappa shape index (κ2) is 9.76. The topological polar surface area (TPSA) is 18.5 Å². The molecule has 0 aromatic heterocycles. The van der Waals surface area contributed by atoms with Crippen molar-refractivity contribution in [1.29, 1.82) is 0 Å². The van der Waals surface area contributed by atoms with E-state index in [1.807, 2.05) is 0 Å². The minimum Gasteiger partial charge on any atom is -0.315 e. The second-order valence-electron chi connectivity index (χ2n) is 6.02. The largest absolute Gasteiger partial charge is 0.315 e. The molecular formula is C15H33N3. The van der Waals surface area contributed by atoms with Gasteiger partial charge in [-0.3, -0.25) is 0 Å². The smallest absolute Gasteiger partial charge is 0.0109 e. The fourth-order valence-corrected chi connectivity index (χ4v) is 2.53. The molecule has 0 aliphatic carbocycles. The lowest BCUT2D eigenvalue weighted by Crippen LogP contribution is -2.29. The molecule has 1 aliphatic heterocycles. The molecule has 18 heavy (non-hydrogen) atoms. The molecule has 0 saturated carbocycles. The van der Waals surface area contributed by atoms with Crippen molar-refractivity contribution < 1.29 is 0 Å². The van der Waals surface area contributed by atoms with Crippen LogP contribution in [0.4, 0.5) is 0 Å². The molecule has 0 aromatic rings. The van der Waals surface area contributed by atoms with Crippen LogP contribution in [-0.2, 0) is 0 Å². The average molecular weight is 255 g/mol. The van der Waals surface area contributed by atoms with E-state index in [0.29, 0.717) is 6.04 Å². The van der Waals surface area contributed by atoms with Crippen LogP contribution < -0.4 is 5.32 Å². The SMILES string of the molecule is CC(C)NCCCCCCN1CCCN(C)CC1. The quantitative estimate of drug-likeness (QED) is 0.671. The molecule has 108 valence electrons. The monoisotopic (exact) mass is 255 g/mol. The van der Waals surface area contributed by atoms with Gasteiger partial charge in [-0.1, -0.05) is 26.7 Å². The molecule has 0 atom stereocenters. The number of hydrogen-bond donors (Lipinski definition) is 1. The van der Waals surface area contributed by atoms with Crippen LogP contribution in [0.25, 0.3) is 0 Å². The predicted molar refractivity (Wildman–Crippen MR) is 80.2 cm³/mol. The van der Waals surface area contributed by atoms with E-state index in [1.54, 1.807) is 0 Å². The van der Waals surface area contributed by atoms with Crippen molar-refractivity contribution in [2.75, 3.05) is 46.3 Å². The molecule has 1 heterocycles. The van der Waals surface area contributed by atoms with Crippen LogP contribution in [0.15, 0.2) is 0 Å². The van der Waals surface area contributed by atoms with Crippen LogP contribution in [0.1, 0.15) is 46.0 Å². The fourth-order valence-electron chi connectivity index (χ4n) is 2.53. The van der Waals surface area contributed by atoms with Gasteiger partial charge in [-0.15, -0.1) is 0 Å². The lowest BCUT2D eigenvalue weighted by molar-refractivity contribution is 0.270. The second-order valence-corrected chi connectivity index (χ2v) is 6.02. The van der Waals surface area contributed by atoms with Crippen LogP contribution in [0.2, 0.25) is 0 Å². The van der Waals surface area contributed by atoms with E-state index in [-0.39, 0.29) is 0 Å². The molecule has 3 nitrogen and oxygen atoms in total. The van der Waals surface area contributed by atoms with E-state index >= 15 is 0 Å². The lowest BCUT2D eigenvalue weighted by atomic mass is 10.2. The van der Waals surface area contributed by atoms with Gasteiger partial charge in [-0.25, -0.2) is 0 Å². The van der Waals surface area contributed by atoms with E-state index in [1.165, 1.54) is 71.4 Å². The number of unbranched alkanes of at least 4 members (excludes halogenated alkanes) is 3. The van der Waals surface area contributed by atoms with Crippen molar-refractivity contribution in [2.45, 2.75) is 52.0 Å². The van der Waals surface area contributed by atoms with Gasteiger partial charge < -0.3 is 15.1 Å². The highest BCUT2D eigenvalue weighted by atomic mass is 15.2. The van der Waals surface area contributed by atoms with Gasteiger partial charge in [-0.2, -0.15) is 0 Å². The summed E-state index contributed by atoms with van der Waals surface area (Å²) >= 11 is 0. The summed E-state index contributed by atoms with van der Waals surface area (Å²) in [5.74, 6) is 0. The van der Waals surface area contributed by atoms with Crippen molar-refractivity contribution in [3.05, 3.63) is 0 Å². The highest BCUT2D eigenvalue weighted by Crippen LogP contribution is 2.05. The Hall–Kier alpha value is -0.120. The highest BCUT2D eigenvalue weighted by Gasteiger charge is 2.10. The summed E-state index contributed by atoms with van der Waals surface area (Å²) in [6, 6.07) is 0.638. The first-order chi connectivity index (χ1) is 8.68. The summed E-state index contributed by atoms with van der Waals surface area (Å²) in [6.45, 7) is 12.0. The number of likely N-dealkylation sites (N-methyl/N-ethyl adjacent to an activating group) is 1. The van der Waals surface area contributed by atoms with Crippen LogP contribution in [0.5, 0.6) is 0 Å². The van der Waals surface area contributed by atoms with Crippen molar-refractivity contribution in [3.63, 3.8) is 0 Å². The third kappa shape index (κ3) is 8.06. The first-order valence-electron chi connectivity index (χ1n) is 7.83. The van der Waals surface area contributed by atoms with Crippen molar-refractivity contribution in [1.82, 2.24) is 15.1 Å². The molecule has 1 fully saturated rings. The number of hydrogen-bond acceptors (Lipinski definition) is 3. The third-order valence-corrected chi connectivity index (χ3v) is 3.77. The maximum Gasteiger partial charge on any atom is 0.0109 e. The summed E-state index contributed by atoms with van der Waals surface area (Å²) in [5, 5.41) is 3.48. The lowest BCUT2D eigenvalue weighted by Gasteiger charge is -2.19. The predicted octanol–water partition coefficient (Wildman–Crippen LogP) is 2.18. The van der Waals surface area contributed by atoms with Crippen molar-refractivity contribution in [2.24, 2.45) is 0 Å². The Balaban J connectivity index is 1.91. The summed E-state index contributed by atoms with van der Waals surface area (Å²) in [6.07, 6.45) is 6.83. The van der Waals surface area contributed by atoms with Gasteiger partial charge in [0.25, 0.3) is 0 Å². The van der Waals surface area contributed by atoms with E-state index in [2.05, 4.69) is 36.0 Å². The third-order valence-electron chi connectivity index (χ3n) is 3.77. The molecule has 3 heteroatoms. The van der Waals surface area contributed by atoms with Crippen LogP contribution >= 0.6 is 0 Å². The summed E-state index contributed by atoms with van der Waals surface area (Å²) in [4.78, 5) is 5.10. The summed E-state index contributed by atoms with van der Waals surface area (Å²) in [5.41, 5.74) is 0. The van der Waals surface area contributed by atoms with Gasteiger partial charge in [0.1, 0.15) is 0 Å². The van der Waals surface area contributed by atoms with Crippen molar-refractivity contribution >= 4 is 0 Å². The van der Waals surface area contributed by atoms with Gasteiger partial charge in [0.05, 0.1) is 0 Å². The summed E-state index contributed by atoms with van der Waals surface area (Å²) in [7, 11) is 2.24. The molecule has 0 bridgehead atoms. The number of nitrogens with zero attached hydrogens (tertiary/aromatic N) is 2. The first kappa shape index (κ1) is 15.9.